The largest absolute Gasteiger partial charge is 0.360 e. The molecule has 0 aliphatic heterocycles. The van der Waals surface area contributed by atoms with Crippen molar-refractivity contribution in [2.75, 3.05) is 5.32 Å². The lowest BCUT2D eigenvalue weighted by molar-refractivity contribution is -0.118. The first-order valence-corrected chi connectivity index (χ1v) is 6.08. The molecule has 2 N–H and O–H groups in total. The second-order valence-corrected chi connectivity index (χ2v) is 5.38. The molecule has 0 unspecified atom stereocenters. The average Bonchev–Trinajstić information content (AvgIpc) is 2.30. The van der Waals surface area contributed by atoms with E-state index in [4.69, 9.17) is 5.26 Å². The van der Waals surface area contributed by atoms with Crippen LogP contribution in [0.5, 0.6) is 0 Å². The number of anilines is 1. The number of carbonyl (C=O) groups excluding carboxylic acids is 1. The third-order valence-electron chi connectivity index (χ3n) is 2.29. The van der Waals surface area contributed by atoms with E-state index in [1.807, 2.05) is 58.0 Å². The quantitative estimate of drug-likeness (QED) is 0.646. The summed E-state index contributed by atoms with van der Waals surface area (Å²) in [6.07, 6.45) is 1.42. The number of hydrogen-bond acceptors (Lipinski definition) is 3. The van der Waals surface area contributed by atoms with Crippen molar-refractivity contribution in [3.05, 3.63) is 41.6 Å². The van der Waals surface area contributed by atoms with Crippen LogP contribution in [0, 0.1) is 18.3 Å². The lowest BCUT2D eigenvalue weighted by Gasteiger charge is -2.20. The Morgan fingerprint density at radius 2 is 1.84 bits per heavy atom. The number of hydrogen-bond donors (Lipinski definition) is 2. The molecule has 0 bridgehead atoms. The first kappa shape index (κ1) is 14.8. The van der Waals surface area contributed by atoms with Gasteiger partial charge in [0, 0.05) is 17.4 Å². The average molecular weight is 257 g/mol. The molecule has 0 aromatic heterocycles. The number of aryl methyl sites for hydroxylation is 1. The maximum atomic E-state index is 11.8. The normalized spacial score (nSPS) is 11.6. The van der Waals surface area contributed by atoms with E-state index in [1.54, 1.807) is 0 Å². The third kappa shape index (κ3) is 5.26. The van der Waals surface area contributed by atoms with E-state index in [2.05, 4.69) is 10.6 Å². The Labute approximate surface area is 114 Å². The molecule has 0 fully saturated rings. The summed E-state index contributed by atoms with van der Waals surface area (Å²) in [6.45, 7) is 7.60. The molecule has 0 aliphatic carbocycles. The fraction of sp³-hybridized carbons (Fsp3) is 0.333. The van der Waals surface area contributed by atoms with E-state index >= 15 is 0 Å². The van der Waals surface area contributed by atoms with Crippen molar-refractivity contribution in [2.45, 2.75) is 33.2 Å². The van der Waals surface area contributed by atoms with Gasteiger partial charge in [-0.25, -0.2) is 0 Å². The lowest BCUT2D eigenvalue weighted by atomic mass is 10.1. The maximum absolute atomic E-state index is 11.8. The van der Waals surface area contributed by atoms with Gasteiger partial charge in [-0.3, -0.25) is 4.79 Å². The molecular weight excluding hydrogens is 238 g/mol. The summed E-state index contributed by atoms with van der Waals surface area (Å²) < 4.78 is 0. The maximum Gasteiger partial charge on any atom is 0.263 e. The first-order valence-electron chi connectivity index (χ1n) is 6.08. The van der Waals surface area contributed by atoms with Crippen molar-refractivity contribution in [2.24, 2.45) is 0 Å². The van der Waals surface area contributed by atoms with Gasteiger partial charge in [-0.05, 0) is 39.8 Å². The number of amides is 1. The van der Waals surface area contributed by atoms with Crippen LogP contribution < -0.4 is 10.6 Å². The molecule has 4 nitrogen and oxygen atoms in total. The van der Waals surface area contributed by atoms with Crippen LogP contribution in [0.3, 0.4) is 0 Å². The smallest absolute Gasteiger partial charge is 0.263 e. The van der Waals surface area contributed by atoms with Gasteiger partial charge < -0.3 is 10.6 Å². The van der Waals surface area contributed by atoms with Gasteiger partial charge in [0.1, 0.15) is 11.6 Å². The Hall–Kier alpha value is -2.28. The standard InChI is InChI=1S/C15H19N3O/c1-11-5-7-13(8-6-11)17-10-12(9-16)14(19)18-15(2,3)4/h5-8,10,17H,1-4H3,(H,18,19)/b12-10-. The van der Waals surface area contributed by atoms with Crippen molar-refractivity contribution >= 4 is 11.6 Å². The molecule has 1 amide bonds. The van der Waals surface area contributed by atoms with Crippen molar-refractivity contribution < 1.29 is 4.79 Å². The zero-order valence-corrected chi connectivity index (χ0v) is 11.7. The van der Waals surface area contributed by atoms with Gasteiger partial charge >= 0.3 is 0 Å². The Morgan fingerprint density at radius 3 is 2.32 bits per heavy atom. The van der Waals surface area contributed by atoms with Gasteiger partial charge in [0.25, 0.3) is 5.91 Å². The molecule has 100 valence electrons. The molecule has 0 aliphatic rings. The number of rotatable bonds is 3. The van der Waals surface area contributed by atoms with Gasteiger partial charge in [-0.2, -0.15) is 5.26 Å². The lowest BCUT2D eigenvalue weighted by Crippen LogP contribution is -2.41. The van der Waals surface area contributed by atoms with Gasteiger partial charge in [-0.1, -0.05) is 17.7 Å². The van der Waals surface area contributed by atoms with Gasteiger partial charge in [0.05, 0.1) is 0 Å². The highest BCUT2D eigenvalue weighted by Crippen LogP contribution is 2.09. The molecule has 1 aromatic rings. The molecule has 0 saturated heterocycles. The van der Waals surface area contributed by atoms with E-state index in [1.165, 1.54) is 6.20 Å². The molecule has 1 aromatic carbocycles. The summed E-state index contributed by atoms with van der Waals surface area (Å²) in [6, 6.07) is 9.59. The van der Waals surface area contributed by atoms with Crippen LogP contribution in [-0.2, 0) is 4.79 Å². The molecule has 19 heavy (non-hydrogen) atoms. The van der Waals surface area contributed by atoms with Crippen LogP contribution in [0.4, 0.5) is 5.69 Å². The number of carbonyl (C=O) groups is 1. The first-order chi connectivity index (χ1) is 8.81. The Kier molecular flexibility index (Phi) is 4.71. The van der Waals surface area contributed by atoms with Crippen molar-refractivity contribution in [1.82, 2.24) is 5.32 Å². The number of nitrogens with one attached hydrogen (secondary N) is 2. The predicted octanol–water partition coefficient (Wildman–Crippen LogP) is 2.73. The fourth-order valence-corrected chi connectivity index (χ4v) is 1.36. The Balaban J connectivity index is 2.75. The fourth-order valence-electron chi connectivity index (χ4n) is 1.36. The predicted molar refractivity (Wildman–Crippen MR) is 76.4 cm³/mol. The van der Waals surface area contributed by atoms with Crippen molar-refractivity contribution in [3.8, 4) is 6.07 Å². The van der Waals surface area contributed by atoms with Crippen LogP contribution in [0.1, 0.15) is 26.3 Å². The zero-order valence-electron chi connectivity index (χ0n) is 11.7. The molecule has 0 atom stereocenters. The summed E-state index contributed by atoms with van der Waals surface area (Å²) in [5.74, 6) is -0.380. The molecule has 0 spiro atoms. The molecule has 0 heterocycles. The summed E-state index contributed by atoms with van der Waals surface area (Å²) in [7, 11) is 0. The van der Waals surface area contributed by atoms with E-state index in [0.29, 0.717) is 0 Å². The monoisotopic (exact) mass is 257 g/mol. The van der Waals surface area contributed by atoms with Crippen molar-refractivity contribution in [1.29, 1.82) is 5.26 Å². The van der Waals surface area contributed by atoms with Crippen LogP contribution in [0.2, 0.25) is 0 Å². The number of nitrogens with zero attached hydrogens (tertiary/aromatic N) is 1. The van der Waals surface area contributed by atoms with E-state index in [9.17, 15) is 4.79 Å². The van der Waals surface area contributed by atoms with Gasteiger partial charge in [0.2, 0.25) is 0 Å². The molecular formula is C15H19N3O. The summed E-state index contributed by atoms with van der Waals surface area (Å²) in [5, 5.41) is 14.7. The van der Waals surface area contributed by atoms with Gasteiger partial charge in [-0.15, -0.1) is 0 Å². The molecule has 4 heteroatoms. The Bertz CT molecular complexity index is 516. The zero-order chi connectivity index (χ0) is 14.5. The number of benzene rings is 1. The minimum absolute atomic E-state index is 0.0514. The molecule has 0 radical (unpaired) electrons. The van der Waals surface area contributed by atoms with E-state index in [0.717, 1.165) is 11.3 Å². The molecule has 1 rings (SSSR count). The van der Waals surface area contributed by atoms with Crippen LogP contribution in [0.15, 0.2) is 36.0 Å². The summed E-state index contributed by atoms with van der Waals surface area (Å²) >= 11 is 0. The highest BCUT2D eigenvalue weighted by molar-refractivity contribution is 5.97. The Morgan fingerprint density at radius 1 is 1.26 bits per heavy atom. The summed E-state index contributed by atoms with van der Waals surface area (Å²) in [4.78, 5) is 11.8. The van der Waals surface area contributed by atoms with Crippen LogP contribution >= 0.6 is 0 Å². The third-order valence-corrected chi connectivity index (χ3v) is 2.29. The van der Waals surface area contributed by atoms with Crippen molar-refractivity contribution in [3.63, 3.8) is 0 Å². The second kappa shape index (κ2) is 6.05. The topological polar surface area (TPSA) is 64.9 Å². The van der Waals surface area contributed by atoms with Gasteiger partial charge in [0.15, 0.2) is 0 Å². The summed E-state index contributed by atoms with van der Waals surface area (Å²) in [5.41, 5.74) is 1.68. The molecule has 0 saturated carbocycles. The highest BCUT2D eigenvalue weighted by Gasteiger charge is 2.16. The second-order valence-electron chi connectivity index (χ2n) is 5.38. The number of nitriles is 1. The minimum atomic E-state index is -0.380. The van der Waals surface area contributed by atoms with E-state index in [-0.39, 0.29) is 17.0 Å². The van der Waals surface area contributed by atoms with Crippen LogP contribution in [0.25, 0.3) is 0 Å². The van der Waals surface area contributed by atoms with E-state index < -0.39 is 0 Å². The minimum Gasteiger partial charge on any atom is -0.360 e. The van der Waals surface area contributed by atoms with Crippen LogP contribution in [-0.4, -0.2) is 11.4 Å². The highest BCUT2D eigenvalue weighted by atomic mass is 16.1. The SMILES string of the molecule is Cc1ccc(N/C=C(/C#N)C(=O)NC(C)(C)C)cc1.